The third kappa shape index (κ3) is 50.4. The summed E-state index contributed by atoms with van der Waals surface area (Å²) < 4.78 is 16.8. The molecule has 0 radical (unpaired) electrons. The maximum Gasteiger partial charge on any atom is 0.306 e. The minimum absolute atomic E-state index is 0.0793. The lowest BCUT2D eigenvalue weighted by Gasteiger charge is -2.18. The molecule has 0 bridgehead atoms. The maximum atomic E-state index is 12.8. The van der Waals surface area contributed by atoms with Gasteiger partial charge in [0.15, 0.2) is 6.10 Å². The summed E-state index contributed by atoms with van der Waals surface area (Å²) in [5.74, 6) is -0.892. The zero-order chi connectivity index (χ0) is 46.5. The normalized spacial score (nSPS) is 12.4. The molecule has 0 aliphatic rings. The summed E-state index contributed by atoms with van der Waals surface area (Å²) >= 11 is 0. The van der Waals surface area contributed by atoms with Gasteiger partial charge >= 0.3 is 17.9 Å². The molecule has 1 atom stereocenters. The van der Waals surface area contributed by atoms with E-state index in [1.807, 2.05) is 0 Å². The average molecular weight is 897 g/mol. The fourth-order valence-electron chi connectivity index (χ4n) is 7.96. The van der Waals surface area contributed by atoms with Crippen LogP contribution in [0.3, 0.4) is 0 Å². The van der Waals surface area contributed by atoms with Crippen molar-refractivity contribution in [3.05, 3.63) is 48.6 Å². The number of esters is 3. The Morgan fingerprint density at radius 1 is 0.328 bits per heavy atom. The molecular weight excluding hydrogens is 793 g/mol. The van der Waals surface area contributed by atoms with Gasteiger partial charge in [0.1, 0.15) is 13.2 Å². The Morgan fingerprint density at radius 2 is 0.609 bits per heavy atom. The molecule has 0 aliphatic carbocycles. The monoisotopic (exact) mass is 897 g/mol. The standard InChI is InChI=1S/C58H104O6/c1-4-7-10-13-16-19-22-24-26-28-29-31-32-34-36-39-42-45-48-51-57(60)63-54-55(53-62-56(59)50-47-44-41-38-21-18-15-12-9-6-3)64-58(61)52-49-46-43-40-37-35-33-30-27-25-23-20-17-14-11-8-5-2/h8,11,17,20,25,27,33,35,55H,4-7,9-10,12-16,18-19,21-24,26,28-32,34,36-54H2,1-3H3/b11-8-,20-17-,27-25-,35-33-. The molecular formula is C58H104O6. The van der Waals surface area contributed by atoms with E-state index < -0.39 is 6.10 Å². The number of hydrogen-bond acceptors (Lipinski definition) is 6. The minimum atomic E-state index is -0.781. The Bertz CT molecular complexity index is 1120. The first-order valence-electron chi connectivity index (χ1n) is 27.6. The van der Waals surface area contributed by atoms with Crippen LogP contribution in [0.4, 0.5) is 0 Å². The summed E-state index contributed by atoms with van der Waals surface area (Å²) in [6, 6.07) is 0. The van der Waals surface area contributed by atoms with E-state index >= 15 is 0 Å². The lowest BCUT2D eigenvalue weighted by Crippen LogP contribution is -2.30. The molecule has 372 valence electrons. The van der Waals surface area contributed by atoms with Crippen LogP contribution in [0.2, 0.25) is 0 Å². The van der Waals surface area contributed by atoms with Crippen molar-refractivity contribution in [3.63, 3.8) is 0 Å². The highest BCUT2D eigenvalue weighted by Crippen LogP contribution is 2.16. The number of carbonyl (C=O) groups excluding carboxylic acids is 3. The van der Waals surface area contributed by atoms with Crippen LogP contribution in [-0.4, -0.2) is 37.2 Å². The second-order valence-electron chi connectivity index (χ2n) is 18.5. The molecule has 64 heavy (non-hydrogen) atoms. The maximum absolute atomic E-state index is 12.8. The molecule has 0 aromatic carbocycles. The fraction of sp³-hybridized carbons (Fsp3) is 0.810. The number of allylic oxidation sites excluding steroid dienone is 8. The van der Waals surface area contributed by atoms with Crippen molar-refractivity contribution >= 4 is 17.9 Å². The predicted molar refractivity (Wildman–Crippen MR) is 275 cm³/mol. The molecule has 0 saturated heterocycles. The molecule has 0 N–H and O–H groups in total. The van der Waals surface area contributed by atoms with Gasteiger partial charge < -0.3 is 14.2 Å². The third-order valence-corrected chi connectivity index (χ3v) is 12.1. The smallest absolute Gasteiger partial charge is 0.306 e. The Hall–Kier alpha value is -2.63. The van der Waals surface area contributed by atoms with Gasteiger partial charge in [-0.1, -0.05) is 256 Å². The first-order valence-corrected chi connectivity index (χ1v) is 27.6. The van der Waals surface area contributed by atoms with E-state index in [-0.39, 0.29) is 31.1 Å². The zero-order valence-corrected chi connectivity index (χ0v) is 42.6. The van der Waals surface area contributed by atoms with E-state index in [1.165, 1.54) is 148 Å². The molecule has 0 saturated carbocycles. The second kappa shape index (κ2) is 53.0. The molecule has 1 unspecified atom stereocenters. The zero-order valence-electron chi connectivity index (χ0n) is 42.6. The SMILES string of the molecule is CC/C=C\C/C=C\C/C=C\C/C=C\CCCCCCC(=O)OC(COC(=O)CCCCCCCCCCCC)COC(=O)CCCCCCCCCCCCCCCCCCCCC. The van der Waals surface area contributed by atoms with E-state index in [4.69, 9.17) is 14.2 Å². The van der Waals surface area contributed by atoms with Crippen LogP contribution in [0.5, 0.6) is 0 Å². The largest absolute Gasteiger partial charge is 0.462 e. The summed E-state index contributed by atoms with van der Waals surface area (Å²) in [6.45, 7) is 6.52. The summed E-state index contributed by atoms with van der Waals surface area (Å²) in [4.78, 5) is 38.0. The van der Waals surface area contributed by atoms with E-state index in [0.29, 0.717) is 19.3 Å². The molecule has 0 fully saturated rings. The topological polar surface area (TPSA) is 78.9 Å². The van der Waals surface area contributed by atoms with Crippen molar-refractivity contribution in [2.75, 3.05) is 13.2 Å². The molecule has 0 aromatic heterocycles. The van der Waals surface area contributed by atoms with Crippen molar-refractivity contribution in [1.29, 1.82) is 0 Å². The summed E-state index contributed by atoms with van der Waals surface area (Å²) in [5, 5.41) is 0. The van der Waals surface area contributed by atoms with Gasteiger partial charge in [-0.2, -0.15) is 0 Å². The summed E-state index contributed by atoms with van der Waals surface area (Å²) in [5.41, 5.74) is 0. The Balaban J connectivity index is 4.32. The Morgan fingerprint density at radius 3 is 0.953 bits per heavy atom. The highest BCUT2D eigenvalue weighted by atomic mass is 16.6. The van der Waals surface area contributed by atoms with E-state index in [9.17, 15) is 14.4 Å². The molecule has 6 nitrogen and oxygen atoms in total. The van der Waals surface area contributed by atoms with Crippen LogP contribution < -0.4 is 0 Å². The van der Waals surface area contributed by atoms with Gasteiger partial charge in [-0.3, -0.25) is 14.4 Å². The number of carbonyl (C=O) groups is 3. The van der Waals surface area contributed by atoms with Gasteiger partial charge in [-0.15, -0.1) is 0 Å². The molecule has 0 spiro atoms. The van der Waals surface area contributed by atoms with Crippen molar-refractivity contribution < 1.29 is 28.6 Å². The average Bonchev–Trinajstić information content (AvgIpc) is 3.29. The van der Waals surface area contributed by atoms with Crippen LogP contribution in [0.25, 0.3) is 0 Å². The number of rotatable bonds is 50. The first-order chi connectivity index (χ1) is 31.5. The highest BCUT2D eigenvalue weighted by Gasteiger charge is 2.19. The molecule has 0 heterocycles. The van der Waals surface area contributed by atoms with Gasteiger partial charge in [-0.05, 0) is 57.8 Å². The van der Waals surface area contributed by atoms with Crippen molar-refractivity contribution in [3.8, 4) is 0 Å². The quantitative estimate of drug-likeness (QED) is 0.0262. The molecule has 0 aromatic rings. The van der Waals surface area contributed by atoms with Crippen LogP contribution in [0.15, 0.2) is 48.6 Å². The Kier molecular flexibility index (Phi) is 50.8. The lowest BCUT2D eigenvalue weighted by atomic mass is 10.0. The molecule has 0 amide bonds. The molecule has 0 aliphatic heterocycles. The van der Waals surface area contributed by atoms with Crippen LogP contribution in [-0.2, 0) is 28.6 Å². The summed E-state index contributed by atoms with van der Waals surface area (Å²) in [7, 11) is 0. The number of ether oxygens (including phenoxy) is 3. The minimum Gasteiger partial charge on any atom is -0.462 e. The molecule has 6 heteroatoms. The van der Waals surface area contributed by atoms with Gasteiger partial charge in [0.25, 0.3) is 0 Å². The van der Waals surface area contributed by atoms with Gasteiger partial charge in [0.05, 0.1) is 0 Å². The number of hydrogen-bond donors (Lipinski definition) is 0. The van der Waals surface area contributed by atoms with Gasteiger partial charge in [-0.25, -0.2) is 0 Å². The lowest BCUT2D eigenvalue weighted by molar-refractivity contribution is -0.167. The van der Waals surface area contributed by atoms with Crippen molar-refractivity contribution in [2.24, 2.45) is 0 Å². The predicted octanol–water partition coefficient (Wildman–Crippen LogP) is 18.3. The van der Waals surface area contributed by atoms with Crippen molar-refractivity contribution in [2.45, 2.75) is 290 Å². The second-order valence-corrected chi connectivity index (χ2v) is 18.5. The van der Waals surface area contributed by atoms with Crippen molar-refractivity contribution in [1.82, 2.24) is 0 Å². The third-order valence-electron chi connectivity index (χ3n) is 12.1. The van der Waals surface area contributed by atoms with E-state index in [1.54, 1.807) is 0 Å². The fourth-order valence-corrected chi connectivity index (χ4v) is 7.96. The Labute approximate surface area is 397 Å². The number of unbranched alkanes of at least 4 members (excludes halogenated alkanes) is 31. The molecule has 0 rings (SSSR count). The highest BCUT2D eigenvalue weighted by molar-refractivity contribution is 5.71. The van der Waals surface area contributed by atoms with E-state index in [2.05, 4.69) is 69.4 Å². The van der Waals surface area contributed by atoms with Crippen LogP contribution in [0.1, 0.15) is 284 Å². The summed E-state index contributed by atoms with van der Waals surface area (Å²) in [6.07, 6.45) is 63.9. The van der Waals surface area contributed by atoms with Crippen LogP contribution in [0, 0.1) is 0 Å². The van der Waals surface area contributed by atoms with Gasteiger partial charge in [0, 0.05) is 19.3 Å². The van der Waals surface area contributed by atoms with Crippen LogP contribution >= 0.6 is 0 Å². The van der Waals surface area contributed by atoms with Gasteiger partial charge in [0.2, 0.25) is 0 Å². The first kappa shape index (κ1) is 61.4. The van der Waals surface area contributed by atoms with E-state index in [0.717, 1.165) is 96.3 Å².